The summed E-state index contributed by atoms with van der Waals surface area (Å²) >= 11 is -11.2. The van der Waals surface area contributed by atoms with Gasteiger partial charge in [-0.1, -0.05) is 218 Å². The molecule has 8 aromatic carbocycles. The van der Waals surface area contributed by atoms with Gasteiger partial charge in [-0.25, -0.2) is 0 Å². The number of allylic oxidation sites excluding steroid dienone is 4. The third-order valence-electron chi connectivity index (χ3n) is 10.4. The molecule has 0 amide bonds. The zero-order valence-electron chi connectivity index (χ0n) is 32.6. The van der Waals surface area contributed by atoms with E-state index in [9.17, 15) is 16.9 Å². The molecule has 0 heterocycles. The fourth-order valence-electron chi connectivity index (χ4n) is 7.91. The molecule has 10 heteroatoms. The van der Waals surface area contributed by atoms with E-state index in [0.29, 0.717) is 0 Å². The van der Waals surface area contributed by atoms with Crippen LogP contribution in [0.2, 0.25) is 0 Å². The molecule has 8 aromatic rings. The molecule has 0 N–H and O–H groups in total. The van der Waals surface area contributed by atoms with Crippen LogP contribution in [0.1, 0.15) is 6.42 Å². The number of rotatable bonds is 7. The van der Waals surface area contributed by atoms with Crippen LogP contribution in [0.3, 0.4) is 0 Å². The number of benzene rings is 8. The molecule has 0 saturated heterocycles. The van der Waals surface area contributed by atoms with Gasteiger partial charge < -0.3 is 0 Å². The first-order valence-corrected chi connectivity index (χ1v) is 28.0. The van der Waals surface area contributed by atoms with E-state index in [-0.39, 0.29) is 19.5 Å². The van der Waals surface area contributed by atoms with Gasteiger partial charge in [0.1, 0.15) is 0 Å². The number of halogens is 6. The number of hydrogen-bond donors (Lipinski definition) is 0. The minimum absolute atomic E-state index is 0. The first-order valence-electron chi connectivity index (χ1n) is 19.5. The van der Waals surface area contributed by atoms with Gasteiger partial charge in [-0.3, -0.25) is 0 Å². The molecule has 2 aliphatic carbocycles. The molecule has 0 aliphatic heterocycles. The van der Waals surface area contributed by atoms with Gasteiger partial charge in [-0.05, 0) is 98.6 Å². The maximum atomic E-state index is 9.93. The average Bonchev–Trinajstić information content (AvgIpc) is 3.92. The predicted molar refractivity (Wildman–Crippen MR) is 247 cm³/mol. The third kappa shape index (κ3) is 11.6. The van der Waals surface area contributed by atoms with Crippen molar-refractivity contribution in [2.75, 3.05) is 0 Å². The van der Waals surface area contributed by atoms with Crippen LogP contribution >= 0.6 is 15.8 Å². The second-order valence-electron chi connectivity index (χ2n) is 14.7. The molecule has 2 bridgehead atoms. The number of hydrogen-bond acceptors (Lipinski definition) is 0. The maximum absolute atomic E-state index is 11.2. The summed E-state index contributed by atoms with van der Waals surface area (Å²) in [5.41, 5.74) is 2.70. The smallest absolute Gasteiger partial charge is 0 e. The van der Waals surface area contributed by atoms with Crippen LogP contribution in [0.15, 0.2) is 218 Å². The van der Waals surface area contributed by atoms with Crippen molar-refractivity contribution in [2.45, 2.75) is 6.42 Å². The number of fused-ring (bicyclic) bond motifs is 4. The quantitative estimate of drug-likeness (QED) is 0.0646. The summed E-state index contributed by atoms with van der Waals surface area (Å²) in [4.78, 5) is 0. The zero-order valence-corrected chi connectivity index (χ0v) is 38.6. The second-order valence-corrected chi connectivity index (χ2v) is 24.5. The second kappa shape index (κ2) is 18.2. The molecule has 311 valence electrons. The van der Waals surface area contributed by atoms with Crippen LogP contribution in [-0.4, -0.2) is 19.5 Å². The van der Waals surface area contributed by atoms with Gasteiger partial charge >= 0.3 is 36.4 Å². The normalized spacial score (nSPS) is 16.3. The van der Waals surface area contributed by atoms with Gasteiger partial charge in [-0.15, -0.1) is 0 Å². The Labute approximate surface area is 370 Å². The molecule has 0 unspecified atom stereocenters. The molecule has 10 rings (SSSR count). The van der Waals surface area contributed by atoms with Gasteiger partial charge in [0.2, 0.25) is 0 Å². The monoisotopic (exact) mass is 1050 g/mol. The van der Waals surface area contributed by atoms with Gasteiger partial charge in [0, 0.05) is 19.5 Å². The van der Waals surface area contributed by atoms with Crippen molar-refractivity contribution in [1.29, 1.82) is 0 Å². The molecular weight excluding hydrogens is 1010 g/mol. The van der Waals surface area contributed by atoms with E-state index in [1.165, 1.54) is 70.9 Å². The van der Waals surface area contributed by atoms with E-state index in [1.807, 2.05) is 0 Å². The summed E-state index contributed by atoms with van der Waals surface area (Å²) in [5.74, 6) is 1.62. The zero-order chi connectivity index (χ0) is 41.8. The Morgan fingerprint density at radius 3 is 0.869 bits per heavy atom. The summed E-state index contributed by atoms with van der Waals surface area (Å²) < 4.78 is 59.6. The Morgan fingerprint density at radius 1 is 0.344 bits per heavy atom. The molecule has 0 atom stereocenters. The van der Waals surface area contributed by atoms with Crippen LogP contribution < -0.4 is 31.8 Å². The Bertz CT molecular complexity index is 2520. The Balaban J connectivity index is 0.000000318. The molecule has 2 aliphatic rings. The average molecular weight is 1050 g/mol. The van der Waals surface area contributed by atoms with Crippen molar-refractivity contribution in [2.24, 2.45) is 11.8 Å². The molecule has 0 spiro atoms. The Kier molecular flexibility index (Phi) is 13.3. The van der Waals surface area contributed by atoms with E-state index in [2.05, 4.69) is 218 Å². The van der Waals surface area contributed by atoms with Gasteiger partial charge in [0.25, 0.3) is 0 Å². The third-order valence-corrected chi connectivity index (χ3v) is 15.3. The summed E-state index contributed by atoms with van der Waals surface area (Å²) in [6, 6.07) is 71.8. The molecule has 0 fully saturated rings. The van der Waals surface area contributed by atoms with E-state index < -0.39 is 35.3 Å². The van der Waals surface area contributed by atoms with E-state index >= 15 is 0 Å². The van der Waals surface area contributed by atoms with Crippen LogP contribution in [0.4, 0.5) is 16.9 Å². The molecule has 1 radical (unpaired) electrons. The van der Waals surface area contributed by atoms with Crippen LogP contribution in [0, 0.1) is 11.8 Å². The van der Waals surface area contributed by atoms with E-state index in [0.717, 1.165) is 11.8 Å². The van der Waals surface area contributed by atoms with Crippen molar-refractivity contribution in [3.8, 4) is 11.1 Å². The fourth-order valence-corrected chi connectivity index (χ4v) is 12.9. The minimum atomic E-state index is -11.2. The largest absolute Gasteiger partial charge is 0.0622 e. The molecular formula is C51H40F6P2RhSb-. The Morgan fingerprint density at radius 2 is 0.607 bits per heavy atom. The van der Waals surface area contributed by atoms with E-state index in [1.54, 1.807) is 0 Å². The summed E-state index contributed by atoms with van der Waals surface area (Å²) in [6.07, 6.45) is 10.5. The van der Waals surface area contributed by atoms with Crippen molar-refractivity contribution >= 4 is 88.7 Å². The fraction of sp³-hybridized carbons (Fsp3) is 0.0588. The summed E-state index contributed by atoms with van der Waals surface area (Å²) in [6.45, 7) is 0. The standard InChI is InChI=1S/C44H32P2.C7H8.6FH.Rh.Sb/c1-5-19-35(20-6-1)45(36-21-7-2-8-22-36)41-31-29-33-17-13-15-27-39(33)43(41)44-40-28-16-14-18-34(40)30-32-42(44)46(37-23-9-3-10-24-37)38-25-11-4-12-26-38;1-2-7-4-3-6(1)5-7;;;;;;;;/h1-32H;1-4,6-7H,5H2;6*1H;;/q;;;;;;;;;+5/p-6. The first kappa shape index (κ1) is 44.7. The van der Waals surface area contributed by atoms with Crippen LogP contribution in [0.25, 0.3) is 32.7 Å². The van der Waals surface area contributed by atoms with Crippen molar-refractivity contribution in [3.63, 3.8) is 0 Å². The van der Waals surface area contributed by atoms with Crippen molar-refractivity contribution in [3.05, 3.63) is 218 Å². The van der Waals surface area contributed by atoms with Gasteiger partial charge in [0.05, 0.1) is 0 Å². The van der Waals surface area contributed by atoms with Crippen molar-refractivity contribution < 1.29 is 36.4 Å². The topological polar surface area (TPSA) is 0 Å². The SMILES string of the molecule is C1=CC2C=CC1C2.[F][Sb-]([F])([F])([F])([F])[F].[Rh].c1ccc(P(c2ccccc2)c2ccc3ccccc3c2-c2c(P(c3ccccc3)c3ccccc3)ccc3ccccc23)cc1. The Hall–Kier alpha value is -4.36. The minimum Gasteiger partial charge on any atom is -0.0622 e. The predicted octanol–water partition coefficient (Wildman–Crippen LogP) is 13.1. The first-order chi connectivity index (χ1) is 28.8. The molecule has 61 heavy (non-hydrogen) atoms. The summed E-state index contributed by atoms with van der Waals surface area (Å²) in [5, 5.41) is 13.3. The molecule has 0 saturated carbocycles. The van der Waals surface area contributed by atoms with Gasteiger partial charge in [0.15, 0.2) is 0 Å². The van der Waals surface area contributed by atoms with Crippen molar-refractivity contribution in [1.82, 2.24) is 0 Å². The van der Waals surface area contributed by atoms with Crippen LogP contribution in [-0.2, 0) is 19.5 Å². The van der Waals surface area contributed by atoms with Gasteiger partial charge in [-0.2, -0.15) is 0 Å². The summed E-state index contributed by atoms with van der Waals surface area (Å²) in [7, 11) is -1.70. The van der Waals surface area contributed by atoms with E-state index in [4.69, 9.17) is 0 Å². The van der Waals surface area contributed by atoms with Crippen LogP contribution in [0.5, 0.6) is 0 Å². The molecule has 0 nitrogen and oxygen atoms in total. The maximum Gasteiger partial charge on any atom is 0 e. The molecule has 0 aromatic heterocycles.